The van der Waals surface area contributed by atoms with Crippen molar-refractivity contribution < 1.29 is 48.0 Å². The molecule has 5 heteroatoms. The molecule has 0 nitrogen and oxygen atoms in total. The number of benzene rings is 4. The summed E-state index contributed by atoms with van der Waals surface area (Å²) in [6, 6.07) is 45.5. The first kappa shape index (κ1) is 36.0. The summed E-state index contributed by atoms with van der Waals surface area (Å²) in [6.45, 7) is 9.38. The predicted octanol–water partition coefficient (Wildman–Crippen LogP) is 7.37. The van der Waals surface area contributed by atoms with Crippen LogP contribution in [-0.2, 0) is 23.2 Å². The van der Waals surface area contributed by atoms with E-state index in [1.807, 2.05) is 22.7 Å². The molecule has 0 saturated heterocycles. The van der Waals surface area contributed by atoms with Gasteiger partial charge in [0.05, 0.1) is 0 Å². The summed E-state index contributed by atoms with van der Waals surface area (Å²) >= 11 is 2.78. The maximum absolute atomic E-state index is 2.58. The van der Waals surface area contributed by atoms with Crippen molar-refractivity contribution in [1.29, 1.82) is 0 Å². The van der Waals surface area contributed by atoms with Gasteiger partial charge < -0.3 is 24.8 Å². The third kappa shape index (κ3) is 6.83. The van der Waals surface area contributed by atoms with E-state index in [2.05, 4.69) is 161 Å². The third-order valence-electron chi connectivity index (χ3n) is 9.67. The van der Waals surface area contributed by atoms with Crippen LogP contribution >= 0.6 is 22.7 Å². The summed E-state index contributed by atoms with van der Waals surface area (Å²) in [5, 5.41) is 0. The van der Waals surface area contributed by atoms with Gasteiger partial charge in [-0.05, 0) is 0 Å². The van der Waals surface area contributed by atoms with Crippen molar-refractivity contribution in [3.05, 3.63) is 164 Å². The Morgan fingerprint density at radius 1 is 0.449 bits per heavy atom. The van der Waals surface area contributed by atoms with Gasteiger partial charge in [-0.25, -0.2) is 0 Å². The van der Waals surface area contributed by atoms with Crippen LogP contribution in [0.4, 0.5) is 0 Å². The molecular weight excluding hydrogens is 755 g/mol. The Morgan fingerprint density at radius 3 is 1.22 bits per heavy atom. The van der Waals surface area contributed by atoms with Gasteiger partial charge in [0.15, 0.2) is 0 Å². The maximum atomic E-state index is 2.58. The molecule has 244 valence electrons. The number of rotatable bonds is 8. The van der Waals surface area contributed by atoms with Gasteiger partial charge in [0.1, 0.15) is 0 Å². The van der Waals surface area contributed by atoms with Crippen LogP contribution in [0.25, 0.3) is 44.2 Å². The van der Waals surface area contributed by atoms with Crippen LogP contribution in [0, 0.1) is 0 Å². The molecule has 0 amide bonds. The number of thiophene rings is 2. The zero-order valence-electron chi connectivity index (χ0n) is 28.1. The topological polar surface area (TPSA) is 0 Å². The number of allylic oxidation sites excluding steroid dienone is 2. The minimum absolute atomic E-state index is 0. The van der Waals surface area contributed by atoms with E-state index in [1.165, 1.54) is 52.9 Å². The Morgan fingerprint density at radius 2 is 0.837 bits per heavy atom. The first-order valence-corrected chi connectivity index (χ1v) is 21.2. The first-order valence-electron chi connectivity index (χ1n) is 16.7. The molecule has 4 aromatic carbocycles. The molecule has 49 heavy (non-hydrogen) atoms. The third-order valence-corrected chi connectivity index (χ3v) is 16.7. The Labute approximate surface area is 323 Å². The number of halogens is 2. The molecule has 0 aliphatic heterocycles. The molecule has 0 spiro atoms. The summed E-state index contributed by atoms with van der Waals surface area (Å²) in [5.41, 5.74) is 14.8. The fraction of sp³-hybridized carbons (Fsp3) is 0.182. The van der Waals surface area contributed by atoms with Gasteiger partial charge in [-0.3, -0.25) is 0 Å². The van der Waals surface area contributed by atoms with Gasteiger partial charge in [0.25, 0.3) is 0 Å². The molecule has 2 heterocycles. The van der Waals surface area contributed by atoms with Crippen molar-refractivity contribution in [1.82, 2.24) is 0 Å². The fourth-order valence-electron chi connectivity index (χ4n) is 7.31. The van der Waals surface area contributed by atoms with Gasteiger partial charge in [-0.2, -0.15) is 0 Å². The predicted molar refractivity (Wildman–Crippen MR) is 202 cm³/mol. The molecule has 2 aliphatic carbocycles. The van der Waals surface area contributed by atoms with Gasteiger partial charge in [-0.15, -0.1) is 0 Å². The second-order valence-corrected chi connectivity index (χ2v) is 19.1. The molecule has 2 aromatic heterocycles. The Kier molecular flexibility index (Phi) is 11.2. The van der Waals surface area contributed by atoms with E-state index in [0.29, 0.717) is 19.1 Å². The molecule has 2 aliphatic rings. The summed E-state index contributed by atoms with van der Waals surface area (Å²) in [5.74, 6) is 0.988. The molecule has 0 N–H and O–H groups in total. The van der Waals surface area contributed by atoms with E-state index in [-0.39, 0.29) is 24.8 Å². The van der Waals surface area contributed by atoms with Gasteiger partial charge in [-0.1, -0.05) is 0 Å². The summed E-state index contributed by atoms with van der Waals surface area (Å²) in [4.78, 5) is 5.57. The SMILES string of the molecule is CC(C)c1cccc2c1C=C(c1ccc(-c3ccccc3)s1)[CH]2[Zr+2][CH]1C(c2ccc(-c3ccccc3)s2)=Cc2c(C(C)C)cccc21.[Cl-].[Cl-]. The van der Waals surface area contributed by atoms with E-state index in [1.54, 1.807) is 22.3 Å². The van der Waals surface area contributed by atoms with Crippen molar-refractivity contribution in [2.75, 3.05) is 0 Å². The van der Waals surface area contributed by atoms with Crippen LogP contribution in [0.3, 0.4) is 0 Å². The van der Waals surface area contributed by atoms with E-state index >= 15 is 0 Å². The summed E-state index contributed by atoms with van der Waals surface area (Å²) < 4.78 is 0.982. The normalized spacial score (nSPS) is 16.0. The number of fused-ring (bicyclic) bond motifs is 2. The molecule has 8 rings (SSSR count). The van der Waals surface area contributed by atoms with Crippen molar-refractivity contribution in [3.8, 4) is 20.9 Å². The average molecular weight is 793 g/mol. The zero-order chi connectivity index (χ0) is 32.1. The molecular formula is C44H38Cl2S2Zr. The minimum atomic E-state index is -1.15. The maximum Gasteiger partial charge on any atom is -1.00 e. The monoisotopic (exact) mass is 790 g/mol. The van der Waals surface area contributed by atoms with Gasteiger partial charge >= 0.3 is 301 Å². The van der Waals surface area contributed by atoms with Crippen molar-refractivity contribution in [2.24, 2.45) is 0 Å². The second kappa shape index (κ2) is 15.2. The van der Waals surface area contributed by atoms with Gasteiger partial charge in [0, 0.05) is 0 Å². The number of hydrogen-bond donors (Lipinski definition) is 0. The standard InChI is InChI=1S/2C22H19S.2ClH.Zr/c2*1-15(2)19-10-6-9-17-13-18(14-20(17)19)22-12-11-21(23-22)16-7-4-3-5-8-16;;;/h2*3-15H,1-2H3;2*1H;/q;;;;+2/p-2. The zero-order valence-corrected chi connectivity index (χ0v) is 33.7. The van der Waals surface area contributed by atoms with Crippen LogP contribution in [0.15, 0.2) is 121 Å². The first-order chi connectivity index (χ1) is 23.0. The molecule has 6 aromatic rings. The Hall–Kier alpha value is -2.78. The fourth-order valence-corrected chi connectivity index (χ4v) is 14.9. The van der Waals surface area contributed by atoms with E-state index in [0.717, 1.165) is 0 Å². The molecule has 0 fully saturated rings. The van der Waals surface area contributed by atoms with Crippen LogP contribution in [0.1, 0.15) is 89.9 Å². The molecule has 2 atom stereocenters. The van der Waals surface area contributed by atoms with Crippen molar-refractivity contribution in [2.45, 2.75) is 46.8 Å². The Balaban J connectivity index is 0.00000208. The molecule has 0 saturated carbocycles. The van der Waals surface area contributed by atoms with Crippen LogP contribution in [-0.4, -0.2) is 0 Å². The minimum Gasteiger partial charge on any atom is -1.00 e. The Bertz CT molecular complexity index is 1980. The molecule has 2 unspecified atom stereocenters. The quantitative estimate of drug-likeness (QED) is 0.151. The smallest absolute Gasteiger partial charge is 1.00 e. The number of hydrogen-bond acceptors (Lipinski definition) is 2. The van der Waals surface area contributed by atoms with Crippen LogP contribution in [0.5, 0.6) is 0 Å². The molecule has 0 radical (unpaired) electrons. The summed E-state index contributed by atoms with van der Waals surface area (Å²) in [7, 11) is 0. The van der Waals surface area contributed by atoms with Crippen molar-refractivity contribution in [3.63, 3.8) is 0 Å². The summed E-state index contributed by atoms with van der Waals surface area (Å²) in [6.07, 6.45) is 5.17. The van der Waals surface area contributed by atoms with E-state index in [4.69, 9.17) is 0 Å². The van der Waals surface area contributed by atoms with Crippen LogP contribution in [0.2, 0.25) is 0 Å². The van der Waals surface area contributed by atoms with Gasteiger partial charge in [0.2, 0.25) is 0 Å². The molecule has 0 bridgehead atoms. The van der Waals surface area contributed by atoms with E-state index < -0.39 is 23.2 Å². The van der Waals surface area contributed by atoms with Crippen LogP contribution < -0.4 is 24.8 Å². The largest absolute Gasteiger partial charge is 1.00 e. The van der Waals surface area contributed by atoms with E-state index in [9.17, 15) is 0 Å². The van der Waals surface area contributed by atoms with Crippen molar-refractivity contribution >= 4 is 46.0 Å². The average Bonchev–Trinajstić information content (AvgIpc) is 3.91. The second-order valence-electron chi connectivity index (χ2n) is 13.3.